The molecule has 0 atom stereocenters. The summed E-state index contributed by atoms with van der Waals surface area (Å²) in [6.07, 6.45) is 1.87. The Morgan fingerprint density at radius 2 is 2.13 bits per heavy atom. The standard InChI is InChI=1S/C16H19N3O3S/c1-22-16(21)12-5-2-3-6-13(12)19-14(20)9-11-10-23-15(18-11)7-4-8-17/h2-3,5-6,10H,4,7-9,17H2,1H3,(H,19,20). The number of nitrogens with two attached hydrogens (primary N) is 1. The number of methoxy groups -OCH3 is 1. The Morgan fingerprint density at radius 3 is 2.87 bits per heavy atom. The van der Waals surface area contributed by atoms with Crippen molar-refractivity contribution in [2.75, 3.05) is 19.0 Å². The van der Waals surface area contributed by atoms with Crippen molar-refractivity contribution < 1.29 is 14.3 Å². The minimum absolute atomic E-state index is 0.161. The Kier molecular flexibility index (Phi) is 6.25. The van der Waals surface area contributed by atoms with E-state index in [1.807, 2.05) is 5.38 Å². The summed E-state index contributed by atoms with van der Waals surface area (Å²) in [7, 11) is 1.30. The third-order valence-electron chi connectivity index (χ3n) is 3.14. The fraction of sp³-hybridized carbons (Fsp3) is 0.312. The smallest absolute Gasteiger partial charge is 0.339 e. The highest BCUT2D eigenvalue weighted by molar-refractivity contribution is 7.09. The molecule has 0 spiro atoms. The van der Waals surface area contributed by atoms with Crippen LogP contribution in [0.2, 0.25) is 0 Å². The third kappa shape index (κ3) is 4.87. The predicted molar refractivity (Wildman–Crippen MR) is 89.6 cm³/mol. The average molecular weight is 333 g/mol. The lowest BCUT2D eigenvalue weighted by molar-refractivity contribution is -0.115. The van der Waals surface area contributed by atoms with E-state index in [1.165, 1.54) is 18.4 Å². The van der Waals surface area contributed by atoms with E-state index in [1.54, 1.807) is 24.3 Å². The van der Waals surface area contributed by atoms with E-state index >= 15 is 0 Å². The number of para-hydroxylation sites is 1. The molecule has 0 fully saturated rings. The van der Waals surface area contributed by atoms with Crippen molar-refractivity contribution in [2.45, 2.75) is 19.3 Å². The molecule has 0 saturated carbocycles. The van der Waals surface area contributed by atoms with Crippen LogP contribution in [0, 0.1) is 0 Å². The van der Waals surface area contributed by atoms with Gasteiger partial charge >= 0.3 is 5.97 Å². The number of nitrogens with one attached hydrogen (secondary N) is 1. The van der Waals surface area contributed by atoms with Gasteiger partial charge in [-0.2, -0.15) is 0 Å². The van der Waals surface area contributed by atoms with Crippen molar-refractivity contribution in [3.8, 4) is 0 Å². The van der Waals surface area contributed by atoms with Crippen molar-refractivity contribution in [1.82, 2.24) is 4.98 Å². The summed E-state index contributed by atoms with van der Waals surface area (Å²) in [5, 5.41) is 5.58. The second-order valence-corrected chi connectivity index (χ2v) is 5.83. The van der Waals surface area contributed by atoms with Crippen LogP contribution in [0.15, 0.2) is 29.6 Å². The Bertz CT molecular complexity index is 685. The molecule has 7 heteroatoms. The van der Waals surface area contributed by atoms with Crippen LogP contribution in [0.25, 0.3) is 0 Å². The summed E-state index contributed by atoms with van der Waals surface area (Å²) in [5.74, 6) is -0.712. The molecule has 0 unspecified atom stereocenters. The number of carbonyl (C=O) groups is 2. The molecule has 122 valence electrons. The highest BCUT2D eigenvalue weighted by atomic mass is 32.1. The Morgan fingerprint density at radius 1 is 1.35 bits per heavy atom. The van der Waals surface area contributed by atoms with E-state index in [0.29, 0.717) is 17.8 Å². The molecule has 23 heavy (non-hydrogen) atoms. The number of hydrogen-bond acceptors (Lipinski definition) is 6. The number of thiazole rings is 1. The number of amides is 1. The van der Waals surface area contributed by atoms with Gasteiger partial charge in [0.25, 0.3) is 0 Å². The highest BCUT2D eigenvalue weighted by Gasteiger charge is 2.14. The molecular formula is C16H19N3O3S. The topological polar surface area (TPSA) is 94.3 Å². The lowest BCUT2D eigenvalue weighted by atomic mass is 10.1. The van der Waals surface area contributed by atoms with Gasteiger partial charge in [-0.3, -0.25) is 4.79 Å². The van der Waals surface area contributed by atoms with Crippen molar-refractivity contribution >= 4 is 28.9 Å². The van der Waals surface area contributed by atoms with Crippen LogP contribution >= 0.6 is 11.3 Å². The summed E-state index contributed by atoms with van der Waals surface area (Å²) in [6, 6.07) is 6.73. The quantitative estimate of drug-likeness (QED) is 0.756. The van der Waals surface area contributed by atoms with Crippen molar-refractivity contribution in [3.05, 3.63) is 45.9 Å². The number of hydrogen-bond donors (Lipinski definition) is 2. The number of carbonyl (C=O) groups excluding carboxylic acids is 2. The summed E-state index contributed by atoms with van der Waals surface area (Å²) >= 11 is 1.53. The monoisotopic (exact) mass is 333 g/mol. The summed E-state index contributed by atoms with van der Waals surface area (Å²) in [4.78, 5) is 28.2. The van der Waals surface area contributed by atoms with Gasteiger partial charge < -0.3 is 15.8 Å². The zero-order valence-electron chi connectivity index (χ0n) is 12.9. The van der Waals surface area contributed by atoms with Crippen LogP contribution in [0.3, 0.4) is 0 Å². The second-order valence-electron chi connectivity index (χ2n) is 4.89. The summed E-state index contributed by atoms with van der Waals surface area (Å²) in [6.45, 7) is 0.625. The first-order valence-electron chi connectivity index (χ1n) is 7.24. The maximum atomic E-state index is 12.1. The number of rotatable bonds is 7. The van der Waals surface area contributed by atoms with Crippen LogP contribution in [-0.2, 0) is 22.4 Å². The first-order valence-corrected chi connectivity index (χ1v) is 8.12. The zero-order valence-corrected chi connectivity index (χ0v) is 13.7. The molecule has 0 aliphatic heterocycles. The second kappa shape index (κ2) is 8.40. The van der Waals surface area contributed by atoms with Gasteiger partial charge in [-0.15, -0.1) is 11.3 Å². The van der Waals surface area contributed by atoms with Gasteiger partial charge in [-0.25, -0.2) is 9.78 Å². The van der Waals surface area contributed by atoms with Crippen molar-refractivity contribution in [2.24, 2.45) is 5.73 Å². The number of esters is 1. The zero-order chi connectivity index (χ0) is 16.7. The summed E-state index contributed by atoms with van der Waals surface area (Å²) < 4.78 is 4.71. The molecule has 2 aromatic rings. The number of aromatic nitrogens is 1. The van der Waals surface area contributed by atoms with Gasteiger partial charge in [0, 0.05) is 11.8 Å². The fourth-order valence-electron chi connectivity index (χ4n) is 2.04. The first kappa shape index (κ1) is 17.1. The number of nitrogens with zero attached hydrogens (tertiary/aromatic N) is 1. The molecule has 0 bridgehead atoms. The van der Waals surface area contributed by atoms with Crippen LogP contribution in [-0.4, -0.2) is 30.5 Å². The van der Waals surface area contributed by atoms with E-state index in [4.69, 9.17) is 10.5 Å². The molecular weight excluding hydrogens is 314 g/mol. The predicted octanol–water partition coefficient (Wildman–Crippen LogP) is 2.00. The largest absolute Gasteiger partial charge is 0.465 e. The van der Waals surface area contributed by atoms with Gasteiger partial charge in [-0.05, 0) is 25.1 Å². The Hall–Kier alpha value is -2.25. The number of benzene rings is 1. The maximum Gasteiger partial charge on any atom is 0.339 e. The first-order chi connectivity index (χ1) is 11.1. The van der Waals surface area contributed by atoms with E-state index in [9.17, 15) is 9.59 Å². The molecule has 6 nitrogen and oxygen atoms in total. The van der Waals surface area contributed by atoms with Gasteiger partial charge in [0.05, 0.1) is 35.5 Å². The van der Waals surface area contributed by atoms with Crippen molar-refractivity contribution in [3.63, 3.8) is 0 Å². The van der Waals surface area contributed by atoms with Gasteiger partial charge in [-0.1, -0.05) is 12.1 Å². The number of aryl methyl sites for hydroxylation is 1. The van der Waals surface area contributed by atoms with E-state index in [2.05, 4.69) is 10.3 Å². The molecule has 2 rings (SSSR count). The minimum Gasteiger partial charge on any atom is -0.465 e. The van der Waals surface area contributed by atoms with Gasteiger partial charge in [0.1, 0.15) is 0 Å². The molecule has 3 N–H and O–H groups in total. The van der Waals surface area contributed by atoms with E-state index in [0.717, 1.165) is 23.5 Å². The molecule has 0 radical (unpaired) electrons. The van der Waals surface area contributed by atoms with Crippen LogP contribution in [0.5, 0.6) is 0 Å². The molecule has 1 aromatic carbocycles. The Labute approximate surface area is 138 Å². The van der Waals surface area contributed by atoms with Crippen LogP contribution in [0.1, 0.15) is 27.5 Å². The highest BCUT2D eigenvalue weighted by Crippen LogP contribution is 2.17. The van der Waals surface area contributed by atoms with Gasteiger partial charge in [0.15, 0.2) is 0 Å². The molecule has 1 heterocycles. The Balaban J connectivity index is 2.00. The lowest BCUT2D eigenvalue weighted by Crippen LogP contribution is -2.17. The normalized spacial score (nSPS) is 10.3. The average Bonchev–Trinajstić information content (AvgIpc) is 2.99. The van der Waals surface area contributed by atoms with Crippen LogP contribution in [0.4, 0.5) is 5.69 Å². The van der Waals surface area contributed by atoms with Gasteiger partial charge in [0.2, 0.25) is 5.91 Å². The molecule has 0 saturated heterocycles. The molecule has 0 aliphatic carbocycles. The maximum absolute atomic E-state index is 12.1. The minimum atomic E-state index is -0.487. The number of ether oxygens (including phenoxy) is 1. The van der Waals surface area contributed by atoms with E-state index in [-0.39, 0.29) is 12.3 Å². The molecule has 1 amide bonds. The summed E-state index contributed by atoms with van der Waals surface area (Å²) in [5.41, 5.74) is 6.95. The molecule has 1 aromatic heterocycles. The van der Waals surface area contributed by atoms with Crippen molar-refractivity contribution in [1.29, 1.82) is 0 Å². The van der Waals surface area contributed by atoms with E-state index < -0.39 is 5.97 Å². The lowest BCUT2D eigenvalue weighted by Gasteiger charge is -2.08. The van der Waals surface area contributed by atoms with Crippen LogP contribution < -0.4 is 11.1 Å². The molecule has 0 aliphatic rings. The number of anilines is 1. The SMILES string of the molecule is COC(=O)c1ccccc1NC(=O)Cc1csc(CCCN)n1. The third-order valence-corrected chi connectivity index (χ3v) is 4.10. The fourth-order valence-corrected chi connectivity index (χ4v) is 2.88.